The maximum absolute atomic E-state index is 12.0. The van der Waals surface area contributed by atoms with Crippen LogP contribution in [-0.4, -0.2) is 28.7 Å². The second-order valence-corrected chi connectivity index (χ2v) is 4.44. The van der Waals surface area contributed by atoms with Gasteiger partial charge in [-0.1, -0.05) is 6.08 Å². The lowest BCUT2D eigenvalue weighted by Crippen LogP contribution is -2.26. The molecule has 0 saturated carbocycles. The van der Waals surface area contributed by atoms with Crippen molar-refractivity contribution in [3.8, 4) is 11.5 Å². The average molecular weight is 248 g/mol. The van der Waals surface area contributed by atoms with E-state index >= 15 is 0 Å². The standard InChI is InChI=1S/C14H16O4/c1-8-6-11-12(16)7-10(4-3-5-15)18-14(11)9(2)13(8)17/h3-4,6,10,15,17H,5,7H2,1-2H3/b4-3+/t10-/m1/s1. The lowest BCUT2D eigenvalue weighted by molar-refractivity contribution is 0.0891. The number of ketones is 1. The van der Waals surface area contributed by atoms with Gasteiger partial charge in [-0.2, -0.15) is 0 Å². The predicted molar refractivity (Wildman–Crippen MR) is 67.2 cm³/mol. The third kappa shape index (κ3) is 2.11. The van der Waals surface area contributed by atoms with Crippen molar-refractivity contribution in [2.24, 2.45) is 0 Å². The Bertz CT molecular complexity index is 517. The van der Waals surface area contributed by atoms with Crippen molar-refractivity contribution in [1.29, 1.82) is 0 Å². The van der Waals surface area contributed by atoms with Gasteiger partial charge < -0.3 is 14.9 Å². The lowest BCUT2D eigenvalue weighted by atomic mass is 9.95. The number of benzene rings is 1. The second kappa shape index (κ2) is 4.82. The smallest absolute Gasteiger partial charge is 0.170 e. The number of phenols is 1. The van der Waals surface area contributed by atoms with Gasteiger partial charge in [0, 0.05) is 5.56 Å². The number of carbonyl (C=O) groups is 1. The van der Waals surface area contributed by atoms with E-state index in [1.54, 1.807) is 32.1 Å². The lowest BCUT2D eigenvalue weighted by Gasteiger charge is -2.25. The Morgan fingerprint density at radius 1 is 1.50 bits per heavy atom. The zero-order chi connectivity index (χ0) is 13.3. The van der Waals surface area contributed by atoms with Crippen LogP contribution in [-0.2, 0) is 0 Å². The summed E-state index contributed by atoms with van der Waals surface area (Å²) in [5.74, 6) is 0.602. The molecule has 4 heteroatoms. The van der Waals surface area contributed by atoms with Gasteiger partial charge in [0.2, 0.25) is 0 Å². The molecule has 1 heterocycles. The van der Waals surface area contributed by atoms with Crippen molar-refractivity contribution < 1.29 is 19.7 Å². The number of ether oxygens (including phenoxy) is 1. The first-order valence-corrected chi connectivity index (χ1v) is 5.85. The number of Topliss-reactive ketones (excluding diaryl/α,β-unsaturated/α-hetero) is 1. The molecule has 0 fully saturated rings. The molecule has 0 spiro atoms. The number of aromatic hydroxyl groups is 1. The van der Waals surface area contributed by atoms with Crippen LogP contribution in [0.4, 0.5) is 0 Å². The van der Waals surface area contributed by atoms with E-state index in [1.807, 2.05) is 0 Å². The molecular formula is C14H16O4. The van der Waals surface area contributed by atoms with Gasteiger partial charge in [0.15, 0.2) is 5.78 Å². The van der Waals surface area contributed by atoms with Gasteiger partial charge in [-0.3, -0.25) is 4.79 Å². The Labute approximate surface area is 106 Å². The second-order valence-electron chi connectivity index (χ2n) is 4.44. The number of fused-ring (bicyclic) bond motifs is 1. The molecule has 2 N–H and O–H groups in total. The number of phenolic OH excluding ortho intramolecular Hbond substituents is 1. The topological polar surface area (TPSA) is 66.8 Å². The quantitative estimate of drug-likeness (QED) is 0.784. The van der Waals surface area contributed by atoms with Crippen molar-refractivity contribution in [3.05, 3.63) is 34.9 Å². The highest BCUT2D eigenvalue weighted by molar-refractivity contribution is 6.01. The largest absolute Gasteiger partial charge is 0.507 e. The maximum atomic E-state index is 12.0. The first-order chi connectivity index (χ1) is 8.54. The Morgan fingerprint density at radius 3 is 2.89 bits per heavy atom. The molecule has 0 radical (unpaired) electrons. The summed E-state index contributed by atoms with van der Waals surface area (Å²) in [5.41, 5.74) is 1.78. The first-order valence-electron chi connectivity index (χ1n) is 5.85. The van der Waals surface area contributed by atoms with Gasteiger partial charge in [-0.15, -0.1) is 0 Å². The van der Waals surface area contributed by atoms with E-state index < -0.39 is 0 Å². The summed E-state index contributed by atoms with van der Waals surface area (Å²) >= 11 is 0. The van der Waals surface area contributed by atoms with E-state index in [1.165, 1.54) is 0 Å². The van der Waals surface area contributed by atoms with Crippen LogP contribution in [0.5, 0.6) is 11.5 Å². The van der Waals surface area contributed by atoms with Crippen LogP contribution < -0.4 is 4.74 Å². The van der Waals surface area contributed by atoms with E-state index in [0.717, 1.165) is 0 Å². The Hall–Kier alpha value is -1.81. The molecule has 1 atom stereocenters. The molecule has 1 aliphatic rings. The van der Waals surface area contributed by atoms with Crippen molar-refractivity contribution in [2.45, 2.75) is 26.4 Å². The molecule has 96 valence electrons. The summed E-state index contributed by atoms with van der Waals surface area (Å²) in [4.78, 5) is 12.0. The van der Waals surface area contributed by atoms with Gasteiger partial charge in [-0.25, -0.2) is 0 Å². The fourth-order valence-electron chi connectivity index (χ4n) is 2.12. The highest BCUT2D eigenvalue weighted by Crippen LogP contribution is 2.38. The zero-order valence-electron chi connectivity index (χ0n) is 10.4. The van der Waals surface area contributed by atoms with Gasteiger partial charge in [-0.05, 0) is 31.6 Å². The van der Waals surface area contributed by atoms with E-state index in [-0.39, 0.29) is 30.7 Å². The number of hydrogen-bond acceptors (Lipinski definition) is 4. The molecule has 0 aromatic heterocycles. The van der Waals surface area contributed by atoms with Crippen molar-refractivity contribution in [3.63, 3.8) is 0 Å². The number of carbonyl (C=O) groups excluding carboxylic acids is 1. The van der Waals surface area contributed by atoms with Crippen molar-refractivity contribution >= 4 is 5.78 Å². The van der Waals surface area contributed by atoms with E-state index in [2.05, 4.69) is 0 Å². The molecule has 4 nitrogen and oxygen atoms in total. The molecule has 18 heavy (non-hydrogen) atoms. The molecule has 0 bridgehead atoms. The van der Waals surface area contributed by atoms with Gasteiger partial charge in [0.1, 0.15) is 17.6 Å². The van der Waals surface area contributed by atoms with Gasteiger partial charge >= 0.3 is 0 Å². The third-order valence-corrected chi connectivity index (χ3v) is 3.09. The number of rotatable bonds is 2. The molecule has 0 aliphatic carbocycles. The number of aliphatic hydroxyl groups excluding tert-OH is 1. The molecular weight excluding hydrogens is 232 g/mol. The molecule has 0 unspecified atom stereocenters. The van der Waals surface area contributed by atoms with E-state index in [4.69, 9.17) is 9.84 Å². The van der Waals surface area contributed by atoms with E-state index in [0.29, 0.717) is 22.4 Å². The highest BCUT2D eigenvalue weighted by atomic mass is 16.5. The molecule has 0 amide bonds. The van der Waals surface area contributed by atoms with E-state index in [9.17, 15) is 9.90 Å². The van der Waals surface area contributed by atoms with Crippen molar-refractivity contribution in [1.82, 2.24) is 0 Å². The average Bonchev–Trinajstić information content (AvgIpc) is 2.35. The molecule has 1 aromatic carbocycles. The SMILES string of the molecule is Cc1cc2c(c(C)c1O)O[C@H](/C=C/CO)CC2=O. The zero-order valence-corrected chi connectivity index (χ0v) is 10.4. The number of aliphatic hydroxyl groups is 1. The maximum Gasteiger partial charge on any atom is 0.170 e. The minimum Gasteiger partial charge on any atom is -0.507 e. The predicted octanol–water partition coefficient (Wildman–Crippen LogP) is 1.89. The first kappa shape index (κ1) is 12.6. The Kier molecular flexibility index (Phi) is 3.39. The highest BCUT2D eigenvalue weighted by Gasteiger charge is 2.28. The van der Waals surface area contributed by atoms with Gasteiger partial charge in [0.25, 0.3) is 0 Å². The third-order valence-electron chi connectivity index (χ3n) is 3.09. The van der Waals surface area contributed by atoms with Crippen LogP contribution in [0.1, 0.15) is 27.9 Å². The summed E-state index contributed by atoms with van der Waals surface area (Å²) < 4.78 is 5.69. The minimum absolute atomic E-state index is 0.00459. The van der Waals surface area contributed by atoms with Crippen LogP contribution in [0.25, 0.3) is 0 Å². The van der Waals surface area contributed by atoms with Crippen LogP contribution in [0.2, 0.25) is 0 Å². The minimum atomic E-state index is -0.377. The Morgan fingerprint density at radius 2 is 2.22 bits per heavy atom. The van der Waals surface area contributed by atoms with Gasteiger partial charge in [0.05, 0.1) is 18.6 Å². The molecule has 1 aromatic rings. The summed E-state index contributed by atoms with van der Waals surface area (Å²) in [6, 6.07) is 1.66. The molecule has 2 rings (SSSR count). The molecule has 0 saturated heterocycles. The van der Waals surface area contributed by atoms with Crippen LogP contribution >= 0.6 is 0 Å². The van der Waals surface area contributed by atoms with Crippen molar-refractivity contribution in [2.75, 3.05) is 6.61 Å². The monoisotopic (exact) mass is 248 g/mol. The summed E-state index contributed by atoms with van der Waals surface area (Å²) in [6.45, 7) is 3.40. The van der Waals surface area contributed by atoms with Crippen LogP contribution in [0, 0.1) is 13.8 Å². The van der Waals surface area contributed by atoms with Crippen LogP contribution in [0.3, 0.4) is 0 Å². The molecule has 1 aliphatic heterocycles. The Balaban J connectivity index is 2.44. The van der Waals surface area contributed by atoms with Crippen LogP contribution in [0.15, 0.2) is 18.2 Å². The fraction of sp³-hybridized carbons (Fsp3) is 0.357. The fourth-order valence-corrected chi connectivity index (χ4v) is 2.12. The number of aryl methyl sites for hydroxylation is 1. The normalized spacial score (nSPS) is 18.8. The number of hydrogen-bond donors (Lipinski definition) is 2. The summed E-state index contributed by atoms with van der Waals surface area (Å²) in [7, 11) is 0. The summed E-state index contributed by atoms with van der Waals surface area (Å²) in [5, 5.41) is 18.6. The summed E-state index contributed by atoms with van der Waals surface area (Å²) in [6.07, 6.45) is 3.09.